The minimum Gasteiger partial charge on any atom is -0.822 e. The van der Waals surface area contributed by atoms with E-state index in [-0.39, 0.29) is 0 Å². The molecule has 1 aliphatic heterocycles. The molecule has 1 aromatic rings. The summed E-state index contributed by atoms with van der Waals surface area (Å²) in [5.74, 6) is 0.722. The molecule has 0 saturated carbocycles. The largest absolute Gasteiger partial charge is 0.822 e. The van der Waals surface area contributed by atoms with Gasteiger partial charge in [0.1, 0.15) is 0 Å². The Morgan fingerprint density at radius 1 is 1.26 bits per heavy atom. The van der Waals surface area contributed by atoms with Crippen LogP contribution in [-0.2, 0) is 4.57 Å². The summed E-state index contributed by atoms with van der Waals surface area (Å²) < 4.78 is 8.55. The van der Waals surface area contributed by atoms with Crippen molar-refractivity contribution in [2.45, 2.75) is 0 Å². The van der Waals surface area contributed by atoms with E-state index in [9.17, 15) is 0 Å². The Morgan fingerprint density at radius 2 is 1.79 bits per heavy atom. The van der Waals surface area contributed by atoms with Crippen molar-refractivity contribution in [3.05, 3.63) is 28.2 Å². The van der Waals surface area contributed by atoms with E-state index in [0.717, 1.165) is 19.0 Å². The summed E-state index contributed by atoms with van der Waals surface area (Å²) in [5, 5.41) is 7.32. The zero-order valence-electron chi connectivity index (χ0n) is 9.43. The normalized spacial score (nSPS) is 14.1. The smallest absolute Gasteiger partial charge is 0.196 e. The van der Waals surface area contributed by atoms with Crippen LogP contribution in [0.4, 0.5) is 5.69 Å². The molecule has 106 valence electrons. The third kappa shape index (κ3) is 6.77. The number of halogens is 2. The number of hydrogen-bond acceptors (Lipinski definition) is 7. The van der Waals surface area contributed by atoms with Crippen molar-refractivity contribution in [3.8, 4) is 0 Å². The van der Waals surface area contributed by atoms with E-state index in [2.05, 4.69) is 15.6 Å². The lowest BCUT2D eigenvalue weighted by Gasteiger charge is -2.36. The van der Waals surface area contributed by atoms with Crippen LogP contribution in [0, 0.1) is 0 Å². The van der Waals surface area contributed by atoms with Crippen molar-refractivity contribution in [1.82, 2.24) is 5.32 Å². The molecule has 0 radical (unpaired) electrons. The molecule has 0 bridgehead atoms. The van der Waals surface area contributed by atoms with E-state index in [1.54, 1.807) is 18.2 Å². The molecule has 0 fully saturated rings. The summed E-state index contributed by atoms with van der Waals surface area (Å²) in [6.07, 6.45) is 0. The molecule has 0 atom stereocenters. The predicted octanol–water partition coefficient (Wildman–Crippen LogP) is -0.460. The Bertz CT molecular complexity index is 492. The first-order chi connectivity index (χ1) is 8.77. The second-order valence-electron chi connectivity index (χ2n) is 3.33. The molecule has 19 heavy (non-hydrogen) atoms. The first-order valence-corrected chi connectivity index (χ1v) is 7.21. The topological polar surface area (TPSA) is 123 Å². The van der Waals surface area contributed by atoms with Gasteiger partial charge in [0.25, 0.3) is 0 Å². The minimum absolute atomic E-state index is 0.592. The molecule has 7 nitrogen and oxygen atoms in total. The zero-order chi connectivity index (χ0) is 14.5. The van der Waals surface area contributed by atoms with Crippen molar-refractivity contribution in [1.29, 1.82) is 0 Å². The van der Waals surface area contributed by atoms with Crippen LogP contribution in [0.25, 0.3) is 0 Å². The molecular formula is C9H9Cl2N3O4P-3. The molecule has 2 rings (SSSR count). The van der Waals surface area contributed by atoms with Gasteiger partial charge in [0.05, 0.1) is 22.3 Å². The summed E-state index contributed by atoms with van der Waals surface area (Å²) in [6, 6.07) is 5.37. The molecule has 10 heteroatoms. The van der Waals surface area contributed by atoms with Crippen molar-refractivity contribution in [3.63, 3.8) is 0 Å². The van der Waals surface area contributed by atoms with Gasteiger partial charge in [0, 0.05) is 6.54 Å². The van der Waals surface area contributed by atoms with Crippen LogP contribution >= 0.6 is 31.0 Å². The van der Waals surface area contributed by atoms with Crippen molar-refractivity contribution in [2.24, 2.45) is 4.99 Å². The Balaban J connectivity index is 0.000000312. The average Bonchev–Trinajstić information content (AvgIpc) is 2.74. The predicted molar refractivity (Wildman–Crippen MR) is 68.0 cm³/mol. The van der Waals surface area contributed by atoms with Crippen molar-refractivity contribution >= 4 is 42.7 Å². The van der Waals surface area contributed by atoms with E-state index in [1.807, 2.05) is 0 Å². The number of nitrogens with one attached hydrogen (secondary N) is 2. The third-order valence-electron chi connectivity index (χ3n) is 1.88. The molecule has 0 aliphatic carbocycles. The fraction of sp³-hybridized carbons (Fsp3) is 0.222. The molecule has 0 aromatic heterocycles. The highest BCUT2D eigenvalue weighted by Crippen LogP contribution is 2.29. The Morgan fingerprint density at radius 3 is 2.21 bits per heavy atom. The molecular weight excluding hydrogens is 316 g/mol. The van der Waals surface area contributed by atoms with Crippen LogP contribution in [0.2, 0.25) is 10.0 Å². The van der Waals surface area contributed by atoms with Crippen molar-refractivity contribution in [2.75, 3.05) is 18.4 Å². The molecule has 0 spiro atoms. The number of hydrogen-bond donors (Lipinski definition) is 2. The van der Waals surface area contributed by atoms with Gasteiger partial charge in [-0.2, -0.15) is 7.82 Å². The van der Waals surface area contributed by atoms with Gasteiger partial charge in [-0.25, -0.2) is 0 Å². The fourth-order valence-electron chi connectivity index (χ4n) is 1.22. The van der Waals surface area contributed by atoms with Gasteiger partial charge in [-0.3, -0.25) is 4.99 Å². The average molecular weight is 325 g/mol. The summed E-state index contributed by atoms with van der Waals surface area (Å²) in [4.78, 5) is 29.8. The highest BCUT2D eigenvalue weighted by atomic mass is 35.5. The number of aliphatic imine (C=N–C) groups is 1. The van der Waals surface area contributed by atoms with Crippen LogP contribution in [0.3, 0.4) is 0 Å². The van der Waals surface area contributed by atoms with Crippen LogP contribution in [0.15, 0.2) is 23.2 Å². The number of nitrogens with zero attached hydrogens (tertiary/aromatic N) is 1. The van der Waals surface area contributed by atoms with Gasteiger partial charge in [-0.15, -0.1) is 0 Å². The molecule has 0 amide bonds. The highest BCUT2D eigenvalue weighted by molar-refractivity contribution is 7.40. The summed E-state index contributed by atoms with van der Waals surface area (Å²) >= 11 is 12.0. The molecule has 1 heterocycles. The van der Waals surface area contributed by atoms with Gasteiger partial charge in [0.2, 0.25) is 0 Å². The second-order valence-corrected chi connectivity index (χ2v) is 5.03. The lowest BCUT2D eigenvalue weighted by atomic mass is 10.3. The fourth-order valence-corrected chi connectivity index (χ4v) is 1.71. The van der Waals surface area contributed by atoms with Gasteiger partial charge in [0.15, 0.2) is 5.96 Å². The minimum atomic E-state index is -5.39. The standard InChI is InChI=1S/C9H9Cl2N3.H3O4P/c10-6-2-1-3-7(11)8(6)14-9-12-4-5-13-9;1-5(2,3)4/h1-3H,4-5H2,(H2,12,13,14);(H3,1,2,3,4)/p-3. The summed E-state index contributed by atoms with van der Waals surface area (Å²) in [7, 11) is -5.39. The first-order valence-electron chi connectivity index (χ1n) is 5.00. The van der Waals surface area contributed by atoms with Gasteiger partial charge < -0.3 is 29.9 Å². The Labute approximate surface area is 119 Å². The first kappa shape index (κ1) is 16.2. The van der Waals surface area contributed by atoms with Gasteiger partial charge in [-0.05, 0) is 12.1 Å². The summed E-state index contributed by atoms with van der Waals surface area (Å²) in [6.45, 7) is 1.63. The SMILES string of the molecule is Clc1cccc(Cl)c1NC1=NCCN1.O=P([O-])([O-])[O-]. The molecule has 1 aliphatic rings. The number of rotatable bonds is 1. The van der Waals surface area contributed by atoms with Crippen LogP contribution in [0.1, 0.15) is 0 Å². The molecule has 0 saturated heterocycles. The maximum atomic E-state index is 8.55. The lowest BCUT2D eigenvalue weighted by molar-refractivity contribution is -0.432. The Hall–Kier alpha value is -0.820. The van der Waals surface area contributed by atoms with Crippen LogP contribution in [-0.4, -0.2) is 19.0 Å². The van der Waals surface area contributed by atoms with E-state index in [4.69, 9.17) is 42.4 Å². The van der Waals surface area contributed by atoms with E-state index < -0.39 is 7.82 Å². The van der Waals surface area contributed by atoms with Crippen molar-refractivity contribution < 1.29 is 19.2 Å². The highest BCUT2D eigenvalue weighted by Gasteiger charge is 2.09. The second kappa shape index (κ2) is 7.09. The molecule has 2 N–H and O–H groups in total. The molecule has 0 unspecified atom stereocenters. The van der Waals surface area contributed by atoms with E-state index in [0.29, 0.717) is 15.7 Å². The number of para-hydroxylation sites is 1. The quantitative estimate of drug-likeness (QED) is 0.674. The van der Waals surface area contributed by atoms with E-state index in [1.165, 1.54) is 0 Å². The van der Waals surface area contributed by atoms with Gasteiger partial charge in [-0.1, -0.05) is 29.3 Å². The monoisotopic (exact) mass is 324 g/mol. The molecule has 1 aromatic carbocycles. The number of guanidine groups is 1. The zero-order valence-corrected chi connectivity index (χ0v) is 11.8. The maximum absolute atomic E-state index is 8.55. The van der Waals surface area contributed by atoms with Crippen LogP contribution in [0.5, 0.6) is 0 Å². The summed E-state index contributed by atoms with van der Waals surface area (Å²) in [5.41, 5.74) is 0.698. The number of anilines is 1. The van der Waals surface area contributed by atoms with Crippen LogP contribution < -0.4 is 25.3 Å². The number of benzene rings is 1. The maximum Gasteiger partial charge on any atom is 0.196 e. The number of phosphoric acid groups is 1. The third-order valence-corrected chi connectivity index (χ3v) is 2.51. The van der Waals surface area contributed by atoms with E-state index >= 15 is 0 Å². The lowest BCUT2D eigenvalue weighted by Crippen LogP contribution is -2.26. The Kier molecular flexibility index (Phi) is 6.06. The van der Waals surface area contributed by atoms with Gasteiger partial charge >= 0.3 is 0 Å².